The van der Waals surface area contributed by atoms with Gasteiger partial charge >= 0.3 is 0 Å². The molecule has 1 N–H and O–H groups in total. The van der Waals surface area contributed by atoms with E-state index in [1.165, 1.54) is 0 Å². The maximum absolute atomic E-state index is 13.7. The van der Waals surface area contributed by atoms with Crippen molar-refractivity contribution >= 4 is 37.5 Å². The van der Waals surface area contributed by atoms with Gasteiger partial charge in [-0.2, -0.15) is 0 Å². The van der Waals surface area contributed by atoms with Crippen molar-refractivity contribution in [1.82, 2.24) is 10.1 Å². The van der Waals surface area contributed by atoms with E-state index in [2.05, 4.69) is 21.1 Å². The third-order valence-corrected chi connectivity index (χ3v) is 9.58. The average Bonchev–Trinajstić information content (AvgIpc) is 3.44. The fourth-order valence-electron chi connectivity index (χ4n) is 5.53. The molecule has 6 rings (SSSR count). The highest BCUT2D eigenvalue weighted by molar-refractivity contribution is 9.10. The molecule has 3 aromatic rings. The number of benzene rings is 1. The molecule has 0 amide bonds. The van der Waals surface area contributed by atoms with E-state index in [1.807, 2.05) is 18.2 Å². The fourth-order valence-corrected chi connectivity index (χ4v) is 7.19. The summed E-state index contributed by atoms with van der Waals surface area (Å²) < 4.78 is 41.5. The number of hydrogen-bond donors (Lipinski definition) is 1. The van der Waals surface area contributed by atoms with Gasteiger partial charge in [-0.05, 0) is 69.6 Å². The Morgan fingerprint density at radius 2 is 1.80 bits per heavy atom. The van der Waals surface area contributed by atoms with Gasteiger partial charge in [0.25, 0.3) is 0 Å². The molecule has 0 radical (unpaired) electrons. The summed E-state index contributed by atoms with van der Waals surface area (Å²) in [7, 11) is 0. The third-order valence-electron chi connectivity index (χ3n) is 7.87. The first-order chi connectivity index (χ1) is 16.8. The molecule has 3 aliphatic rings. The maximum Gasteiger partial charge on any atom is 0.248 e. The second-order valence-electron chi connectivity index (χ2n) is 10.5. The Balaban J connectivity index is 1.11. The molecule has 0 bridgehead atoms. The number of ether oxygens (including phenoxy) is 1. The Morgan fingerprint density at radius 1 is 1.06 bits per heavy atom. The topological polar surface area (TPSA) is 68.4 Å². The fraction of sp³-hybridized carbons (Fsp3) is 0.615. The summed E-state index contributed by atoms with van der Waals surface area (Å²) in [6.07, 6.45) is 5.57. The van der Waals surface area contributed by atoms with E-state index in [4.69, 9.17) is 14.2 Å². The lowest BCUT2D eigenvalue weighted by Crippen LogP contribution is -2.34. The van der Waals surface area contributed by atoms with E-state index < -0.39 is 11.5 Å². The molecule has 2 heterocycles. The Hall–Kier alpha value is -1.42. The Morgan fingerprint density at radius 3 is 2.51 bits per heavy atom. The minimum atomic E-state index is -2.56. The average molecular weight is 567 g/mol. The first-order valence-corrected chi connectivity index (χ1v) is 14.2. The number of rotatable bonds is 6. The molecule has 0 atom stereocenters. The Kier molecular flexibility index (Phi) is 6.26. The van der Waals surface area contributed by atoms with Crippen LogP contribution in [0.15, 0.2) is 27.2 Å². The van der Waals surface area contributed by atoms with Crippen molar-refractivity contribution in [2.24, 2.45) is 0 Å². The Labute approximate surface area is 215 Å². The van der Waals surface area contributed by atoms with Crippen molar-refractivity contribution in [2.75, 3.05) is 0 Å². The molecular weight excluding hydrogens is 538 g/mol. The van der Waals surface area contributed by atoms with Crippen LogP contribution in [-0.2, 0) is 16.9 Å². The van der Waals surface area contributed by atoms with Gasteiger partial charge in [0, 0.05) is 34.7 Å². The summed E-state index contributed by atoms with van der Waals surface area (Å²) in [5.41, 5.74) is 1.80. The molecule has 0 unspecified atom stereocenters. The minimum absolute atomic E-state index is 0.0139. The molecule has 2 aromatic heterocycles. The molecule has 3 aliphatic carbocycles. The van der Waals surface area contributed by atoms with E-state index in [-0.39, 0.29) is 24.9 Å². The van der Waals surface area contributed by atoms with Crippen LogP contribution in [0.1, 0.15) is 98.1 Å². The molecule has 0 spiro atoms. The van der Waals surface area contributed by atoms with Crippen molar-refractivity contribution < 1.29 is 23.1 Å². The number of fused-ring (bicyclic) bond motifs is 1. The normalized spacial score (nSPS) is 27.5. The van der Waals surface area contributed by atoms with Crippen LogP contribution in [-0.4, -0.2) is 27.3 Å². The van der Waals surface area contributed by atoms with Gasteiger partial charge in [-0.25, -0.2) is 13.8 Å². The molecule has 9 heteroatoms. The predicted octanol–water partition coefficient (Wildman–Crippen LogP) is 7.56. The summed E-state index contributed by atoms with van der Waals surface area (Å²) in [4.78, 5) is 4.71. The molecular formula is C26H29BrF2N2O3S. The van der Waals surface area contributed by atoms with Gasteiger partial charge in [-0.15, -0.1) is 11.3 Å². The van der Waals surface area contributed by atoms with E-state index in [9.17, 15) is 13.9 Å². The first-order valence-electron chi connectivity index (χ1n) is 12.6. The summed E-state index contributed by atoms with van der Waals surface area (Å²) >= 11 is 5.05. The summed E-state index contributed by atoms with van der Waals surface area (Å²) in [5.74, 6) is -1.27. The highest BCUT2D eigenvalue weighted by Gasteiger charge is 2.41. The highest BCUT2D eigenvalue weighted by Crippen LogP contribution is 2.47. The standard InChI is InChI=1S/C26H29BrF2N2O3S/c27-17-3-4-20-21(13-17)35-24(30-20)25(32)9-7-18(8-10-25)33-14-19-22(31-34-23(19)16-1-2-16)15-5-11-26(28,29)12-6-15/h3-4,13,15-16,18,32H,1-2,5-12,14H2/t18-,25-. The SMILES string of the molecule is O[C@]1(c2nc3ccc(Br)cc3s2)CC[C@@H](OCc2c(C3CCC(F)(F)CC3)noc2C2CC2)CC1. The van der Waals surface area contributed by atoms with Crippen LogP contribution in [0.3, 0.4) is 0 Å². The number of thiazole rings is 1. The van der Waals surface area contributed by atoms with Crippen LogP contribution >= 0.6 is 27.3 Å². The largest absolute Gasteiger partial charge is 0.383 e. The molecule has 0 aliphatic heterocycles. The lowest BCUT2D eigenvalue weighted by molar-refractivity contribution is -0.0644. The lowest BCUT2D eigenvalue weighted by atomic mass is 9.83. The predicted molar refractivity (Wildman–Crippen MR) is 133 cm³/mol. The quantitative estimate of drug-likeness (QED) is 0.333. The van der Waals surface area contributed by atoms with Gasteiger partial charge in [-0.1, -0.05) is 21.1 Å². The van der Waals surface area contributed by atoms with Gasteiger partial charge in [-0.3, -0.25) is 0 Å². The number of aromatic nitrogens is 2. The minimum Gasteiger partial charge on any atom is -0.383 e. The van der Waals surface area contributed by atoms with Crippen LogP contribution in [0.2, 0.25) is 0 Å². The van der Waals surface area contributed by atoms with Gasteiger partial charge in [0.2, 0.25) is 5.92 Å². The van der Waals surface area contributed by atoms with Gasteiger partial charge in [0.15, 0.2) is 0 Å². The molecule has 5 nitrogen and oxygen atoms in total. The number of alkyl halides is 2. The van der Waals surface area contributed by atoms with Crippen LogP contribution in [0.25, 0.3) is 10.2 Å². The van der Waals surface area contributed by atoms with E-state index in [1.54, 1.807) is 11.3 Å². The second kappa shape index (κ2) is 9.15. The van der Waals surface area contributed by atoms with Gasteiger partial charge in [0.1, 0.15) is 16.4 Å². The number of nitrogens with zero attached hydrogens (tertiary/aromatic N) is 2. The summed E-state index contributed by atoms with van der Waals surface area (Å²) in [6, 6.07) is 5.98. The zero-order valence-corrected chi connectivity index (χ0v) is 21.8. The smallest absolute Gasteiger partial charge is 0.248 e. The molecule has 3 fully saturated rings. The van der Waals surface area contributed by atoms with Crippen molar-refractivity contribution in [1.29, 1.82) is 0 Å². The third kappa shape index (κ3) is 4.93. The van der Waals surface area contributed by atoms with Crippen LogP contribution in [0.5, 0.6) is 0 Å². The van der Waals surface area contributed by atoms with E-state index >= 15 is 0 Å². The summed E-state index contributed by atoms with van der Waals surface area (Å²) in [6.45, 7) is 0.399. The van der Waals surface area contributed by atoms with E-state index in [0.29, 0.717) is 38.2 Å². The van der Waals surface area contributed by atoms with Crippen LogP contribution in [0.4, 0.5) is 8.78 Å². The van der Waals surface area contributed by atoms with Gasteiger partial charge < -0.3 is 14.4 Å². The molecule has 35 heavy (non-hydrogen) atoms. The zero-order valence-electron chi connectivity index (χ0n) is 19.4. The molecule has 188 valence electrons. The highest BCUT2D eigenvalue weighted by atomic mass is 79.9. The first kappa shape index (κ1) is 23.9. The second-order valence-corrected chi connectivity index (χ2v) is 12.4. The van der Waals surface area contributed by atoms with Crippen LogP contribution < -0.4 is 0 Å². The summed E-state index contributed by atoms with van der Waals surface area (Å²) in [5, 5.41) is 16.5. The maximum atomic E-state index is 13.7. The Bertz CT molecular complexity index is 1210. The van der Waals surface area contributed by atoms with Crippen molar-refractivity contribution in [3.05, 3.63) is 44.7 Å². The molecule has 0 saturated heterocycles. The monoisotopic (exact) mass is 566 g/mol. The zero-order chi connectivity index (χ0) is 24.2. The van der Waals surface area contributed by atoms with Gasteiger partial charge in [0.05, 0.1) is 28.6 Å². The van der Waals surface area contributed by atoms with Crippen LogP contribution in [0, 0.1) is 0 Å². The number of hydrogen-bond acceptors (Lipinski definition) is 6. The lowest BCUT2D eigenvalue weighted by Gasteiger charge is -2.34. The number of aliphatic hydroxyl groups is 1. The van der Waals surface area contributed by atoms with E-state index in [0.717, 1.165) is 62.4 Å². The van der Waals surface area contributed by atoms with Crippen molar-refractivity contribution in [3.63, 3.8) is 0 Å². The van der Waals surface area contributed by atoms with Crippen molar-refractivity contribution in [2.45, 2.75) is 100 Å². The molecule has 1 aromatic carbocycles. The number of halogens is 3. The molecule has 3 saturated carbocycles. The van der Waals surface area contributed by atoms with Crippen molar-refractivity contribution in [3.8, 4) is 0 Å².